The van der Waals surface area contributed by atoms with Gasteiger partial charge in [-0.05, 0) is 43.0 Å². The fraction of sp³-hybridized carbons (Fsp3) is 0.368. The van der Waals surface area contributed by atoms with Crippen molar-refractivity contribution in [2.45, 2.75) is 38.0 Å². The standard InChI is InChI=1S/C19H23N3O2/c1-24-17-9-8-16(12-17)22-19(23)21-13-14-5-4-6-15(11-14)18-7-2-3-10-20-18/h2-7,10-11,16-17H,8-9,12-13H2,1H3,(H2,21,22,23)/t16-,17-/m1/s1. The number of urea groups is 1. The highest BCUT2D eigenvalue weighted by molar-refractivity contribution is 5.74. The van der Waals surface area contributed by atoms with Crippen LogP contribution in [0.3, 0.4) is 0 Å². The minimum Gasteiger partial charge on any atom is -0.381 e. The van der Waals surface area contributed by atoms with Crippen LogP contribution in [0.25, 0.3) is 11.3 Å². The van der Waals surface area contributed by atoms with Gasteiger partial charge in [-0.1, -0.05) is 24.3 Å². The van der Waals surface area contributed by atoms with Gasteiger partial charge in [0, 0.05) is 31.5 Å². The lowest BCUT2D eigenvalue weighted by Crippen LogP contribution is -2.40. The molecule has 2 atom stereocenters. The first kappa shape index (κ1) is 16.5. The Bertz CT molecular complexity index is 675. The number of methoxy groups -OCH3 is 1. The number of hydrogen-bond donors (Lipinski definition) is 2. The summed E-state index contributed by atoms with van der Waals surface area (Å²) in [5.41, 5.74) is 3.03. The van der Waals surface area contributed by atoms with E-state index in [4.69, 9.17) is 4.74 Å². The molecule has 0 spiro atoms. The van der Waals surface area contributed by atoms with Gasteiger partial charge in [-0.3, -0.25) is 4.98 Å². The molecule has 0 unspecified atom stereocenters. The van der Waals surface area contributed by atoms with Gasteiger partial charge in [0.1, 0.15) is 0 Å². The molecule has 2 amide bonds. The molecule has 24 heavy (non-hydrogen) atoms. The van der Waals surface area contributed by atoms with Crippen LogP contribution >= 0.6 is 0 Å². The maximum absolute atomic E-state index is 12.0. The summed E-state index contributed by atoms with van der Waals surface area (Å²) in [7, 11) is 1.72. The Morgan fingerprint density at radius 2 is 2.17 bits per heavy atom. The lowest BCUT2D eigenvalue weighted by molar-refractivity contribution is 0.107. The molecule has 1 aromatic heterocycles. The zero-order chi connectivity index (χ0) is 16.8. The maximum Gasteiger partial charge on any atom is 0.315 e. The van der Waals surface area contributed by atoms with E-state index in [9.17, 15) is 4.79 Å². The van der Waals surface area contributed by atoms with Crippen LogP contribution in [0.15, 0.2) is 48.7 Å². The van der Waals surface area contributed by atoms with E-state index < -0.39 is 0 Å². The van der Waals surface area contributed by atoms with E-state index >= 15 is 0 Å². The van der Waals surface area contributed by atoms with Gasteiger partial charge in [0.15, 0.2) is 0 Å². The maximum atomic E-state index is 12.0. The number of benzene rings is 1. The lowest BCUT2D eigenvalue weighted by Gasteiger charge is -2.14. The second-order valence-electron chi connectivity index (χ2n) is 6.11. The predicted octanol–water partition coefficient (Wildman–Crippen LogP) is 3.12. The molecule has 5 heteroatoms. The molecule has 1 saturated carbocycles. The average molecular weight is 325 g/mol. The van der Waals surface area contributed by atoms with Crippen molar-refractivity contribution in [3.05, 3.63) is 54.2 Å². The van der Waals surface area contributed by atoms with Crippen LogP contribution in [-0.4, -0.2) is 30.3 Å². The van der Waals surface area contributed by atoms with Crippen molar-refractivity contribution in [2.24, 2.45) is 0 Å². The van der Waals surface area contributed by atoms with E-state index in [1.54, 1.807) is 13.3 Å². The summed E-state index contributed by atoms with van der Waals surface area (Å²) in [5, 5.41) is 5.94. The Morgan fingerprint density at radius 1 is 1.25 bits per heavy atom. The van der Waals surface area contributed by atoms with Gasteiger partial charge in [-0.2, -0.15) is 0 Å². The molecular formula is C19H23N3O2. The monoisotopic (exact) mass is 325 g/mol. The summed E-state index contributed by atoms with van der Waals surface area (Å²) < 4.78 is 5.33. The number of carbonyl (C=O) groups is 1. The molecule has 3 rings (SSSR count). The number of amides is 2. The summed E-state index contributed by atoms with van der Waals surface area (Å²) in [4.78, 5) is 16.4. The number of ether oxygens (including phenoxy) is 1. The van der Waals surface area contributed by atoms with Crippen molar-refractivity contribution >= 4 is 6.03 Å². The van der Waals surface area contributed by atoms with Crippen molar-refractivity contribution in [2.75, 3.05) is 7.11 Å². The third kappa shape index (κ3) is 4.32. The summed E-state index contributed by atoms with van der Waals surface area (Å²) in [6.45, 7) is 0.493. The molecule has 5 nitrogen and oxygen atoms in total. The molecule has 0 saturated heterocycles. The van der Waals surface area contributed by atoms with E-state index in [1.165, 1.54) is 0 Å². The number of carbonyl (C=O) groups excluding carboxylic acids is 1. The second-order valence-corrected chi connectivity index (χ2v) is 6.11. The quantitative estimate of drug-likeness (QED) is 0.888. The van der Waals surface area contributed by atoms with Crippen molar-refractivity contribution < 1.29 is 9.53 Å². The summed E-state index contributed by atoms with van der Waals surface area (Å²) >= 11 is 0. The molecule has 1 aromatic carbocycles. The predicted molar refractivity (Wildman–Crippen MR) is 93.5 cm³/mol. The van der Waals surface area contributed by atoms with E-state index in [2.05, 4.69) is 21.7 Å². The van der Waals surface area contributed by atoms with Gasteiger partial charge in [0.05, 0.1) is 11.8 Å². The van der Waals surface area contributed by atoms with E-state index in [-0.39, 0.29) is 18.2 Å². The molecule has 1 aliphatic rings. The van der Waals surface area contributed by atoms with Crippen LogP contribution in [0.5, 0.6) is 0 Å². The van der Waals surface area contributed by atoms with Crippen LogP contribution in [0.4, 0.5) is 4.79 Å². The highest BCUT2D eigenvalue weighted by Gasteiger charge is 2.25. The molecule has 2 aromatic rings. The van der Waals surface area contributed by atoms with Crippen LogP contribution < -0.4 is 10.6 Å². The van der Waals surface area contributed by atoms with Crippen molar-refractivity contribution in [3.8, 4) is 11.3 Å². The zero-order valence-electron chi connectivity index (χ0n) is 13.9. The minimum atomic E-state index is -0.125. The van der Waals surface area contributed by atoms with Gasteiger partial charge in [0.25, 0.3) is 0 Å². The zero-order valence-corrected chi connectivity index (χ0v) is 13.9. The Morgan fingerprint density at radius 3 is 2.92 bits per heavy atom. The average Bonchev–Trinajstić information content (AvgIpc) is 3.08. The van der Waals surface area contributed by atoms with Crippen LogP contribution in [0.2, 0.25) is 0 Å². The van der Waals surface area contributed by atoms with E-state index in [0.717, 1.165) is 36.1 Å². The molecule has 2 N–H and O–H groups in total. The van der Waals surface area contributed by atoms with Crippen molar-refractivity contribution in [1.82, 2.24) is 15.6 Å². The molecule has 1 heterocycles. The first-order valence-corrected chi connectivity index (χ1v) is 8.32. The summed E-state index contributed by atoms with van der Waals surface area (Å²) in [6, 6.07) is 14.0. The molecule has 1 fully saturated rings. The number of nitrogens with one attached hydrogen (secondary N) is 2. The number of hydrogen-bond acceptors (Lipinski definition) is 3. The van der Waals surface area contributed by atoms with Gasteiger partial charge in [-0.25, -0.2) is 4.79 Å². The van der Waals surface area contributed by atoms with Crippen LogP contribution in [0.1, 0.15) is 24.8 Å². The molecule has 0 bridgehead atoms. The number of nitrogens with zero attached hydrogens (tertiary/aromatic N) is 1. The Hall–Kier alpha value is -2.40. The Labute approximate surface area is 142 Å². The molecule has 0 aliphatic heterocycles. The van der Waals surface area contributed by atoms with Gasteiger partial charge in [-0.15, -0.1) is 0 Å². The van der Waals surface area contributed by atoms with E-state index in [1.807, 2.05) is 36.4 Å². The molecule has 126 valence electrons. The Kier molecular flexibility index (Phi) is 5.43. The van der Waals surface area contributed by atoms with Gasteiger partial charge >= 0.3 is 6.03 Å². The first-order valence-electron chi connectivity index (χ1n) is 8.32. The van der Waals surface area contributed by atoms with Crippen molar-refractivity contribution in [1.29, 1.82) is 0 Å². The topological polar surface area (TPSA) is 63.2 Å². The Balaban J connectivity index is 1.52. The smallest absolute Gasteiger partial charge is 0.315 e. The first-order chi connectivity index (χ1) is 11.7. The second kappa shape index (κ2) is 7.93. The fourth-order valence-electron chi connectivity index (χ4n) is 3.08. The minimum absolute atomic E-state index is 0.125. The normalized spacial score (nSPS) is 19.9. The molecule has 0 radical (unpaired) electrons. The highest BCUT2D eigenvalue weighted by Crippen LogP contribution is 2.21. The van der Waals surface area contributed by atoms with Gasteiger partial charge < -0.3 is 15.4 Å². The van der Waals surface area contributed by atoms with Gasteiger partial charge in [0.2, 0.25) is 0 Å². The SMILES string of the molecule is CO[C@@H]1CC[C@@H](NC(=O)NCc2cccc(-c3ccccn3)c2)C1. The highest BCUT2D eigenvalue weighted by atomic mass is 16.5. The lowest BCUT2D eigenvalue weighted by atomic mass is 10.1. The molecular weight excluding hydrogens is 302 g/mol. The molecule has 1 aliphatic carbocycles. The van der Waals surface area contributed by atoms with Crippen molar-refractivity contribution in [3.63, 3.8) is 0 Å². The summed E-state index contributed by atoms with van der Waals surface area (Å²) in [6.07, 6.45) is 4.92. The van der Waals surface area contributed by atoms with Crippen LogP contribution in [-0.2, 0) is 11.3 Å². The number of pyridine rings is 1. The fourth-order valence-corrected chi connectivity index (χ4v) is 3.08. The summed E-state index contributed by atoms with van der Waals surface area (Å²) in [5.74, 6) is 0. The number of aromatic nitrogens is 1. The third-order valence-corrected chi connectivity index (χ3v) is 4.39. The largest absolute Gasteiger partial charge is 0.381 e. The third-order valence-electron chi connectivity index (χ3n) is 4.39. The number of rotatable bonds is 5. The van der Waals surface area contributed by atoms with Crippen LogP contribution in [0, 0.1) is 0 Å². The van der Waals surface area contributed by atoms with E-state index in [0.29, 0.717) is 6.54 Å².